The molecule has 1 aromatic carbocycles. The maximum absolute atomic E-state index is 4.01. The van der Waals surface area contributed by atoms with Crippen molar-refractivity contribution in [2.75, 3.05) is 23.3 Å². The number of piperidine rings is 1. The second kappa shape index (κ2) is 6.37. The van der Waals surface area contributed by atoms with E-state index in [0.717, 1.165) is 17.8 Å². The van der Waals surface area contributed by atoms with Crippen LogP contribution in [0.1, 0.15) is 24.8 Å². The van der Waals surface area contributed by atoms with E-state index in [4.69, 9.17) is 0 Å². The number of hydrogen-bond acceptors (Lipinski definition) is 4. The Morgan fingerprint density at radius 2 is 1.65 bits per heavy atom. The fourth-order valence-electron chi connectivity index (χ4n) is 2.57. The average molecular weight is 268 g/mol. The summed E-state index contributed by atoms with van der Waals surface area (Å²) in [5.41, 5.74) is 3.56. The van der Waals surface area contributed by atoms with Crippen LogP contribution in [0.25, 0.3) is 0 Å². The molecule has 2 aromatic rings. The van der Waals surface area contributed by atoms with Crippen molar-refractivity contribution in [3.63, 3.8) is 0 Å². The van der Waals surface area contributed by atoms with Crippen LogP contribution >= 0.6 is 0 Å². The van der Waals surface area contributed by atoms with Gasteiger partial charge in [0.25, 0.3) is 0 Å². The van der Waals surface area contributed by atoms with Gasteiger partial charge in [0.15, 0.2) is 0 Å². The molecule has 0 amide bonds. The maximum atomic E-state index is 4.01. The van der Waals surface area contributed by atoms with Crippen molar-refractivity contribution >= 4 is 11.4 Å². The van der Waals surface area contributed by atoms with Gasteiger partial charge in [-0.15, -0.1) is 0 Å². The van der Waals surface area contributed by atoms with E-state index >= 15 is 0 Å². The molecule has 1 saturated heterocycles. The minimum absolute atomic E-state index is 0.754. The molecular formula is C16H20N4. The van der Waals surface area contributed by atoms with Crippen LogP contribution in [0.3, 0.4) is 0 Å². The molecular weight excluding hydrogens is 248 g/mol. The highest BCUT2D eigenvalue weighted by Crippen LogP contribution is 2.21. The molecule has 1 N–H and O–H groups in total. The maximum Gasteiger partial charge on any atom is 0.115 e. The fraction of sp³-hybridized carbons (Fsp3) is 0.375. The van der Waals surface area contributed by atoms with Crippen LogP contribution in [0.5, 0.6) is 0 Å². The highest BCUT2D eigenvalue weighted by Gasteiger charge is 2.10. The summed E-state index contributed by atoms with van der Waals surface area (Å²) in [5.74, 6) is 0. The van der Waals surface area contributed by atoms with Gasteiger partial charge < -0.3 is 10.2 Å². The second-order valence-electron chi connectivity index (χ2n) is 5.19. The zero-order valence-electron chi connectivity index (χ0n) is 11.6. The quantitative estimate of drug-likeness (QED) is 0.925. The molecule has 104 valence electrons. The molecule has 0 radical (unpaired) electrons. The van der Waals surface area contributed by atoms with Gasteiger partial charge in [0.1, 0.15) is 6.33 Å². The highest BCUT2D eigenvalue weighted by molar-refractivity contribution is 5.55. The standard InChI is InChI=1S/C16H20N4/c1-2-8-20(9-3-1)16-6-4-15(5-7-16)19-12-14-10-17-13-18-11-14/h4-7,10-11,13,19H,1-3,8-9,12H2. The first-order valence-electron chi connectivity index (χ1n) is 7.24. The number of rotatable bonds is 4. The van der Waals surface area contributed by atoms with Gasteiger partial charge >= 0.3 is 0 Å². The first kappa shape index (κ1) is 12.9. The SMILES string of the molecule is c1ncc(CNc2ccc(N3CCCCC3)cc2)cn1. The Morgan fingerprint density at radius 1 is 0.950 bits per heavy atom. The molecule has 1 aliphatic rings. The molecule has 0 unspecified atom stereocenters. The van der Waals surface area contributed by atoms with E-state index in [1.807, 2.05) is 12.4 Å². The molecule has 0 atom stereocenters. The molecule has 0 spiro atoms. The fourth-order valence-corrected chi connectivity index (χ4v) is 2.57. The third-order valence-corrected chi connectivity index (χ3v) is 3.70. The molecule has 0 bridgehead atoms. The van der Waals surface area contributed by atoms with Gasteiger partial charge in [-0.2, -0.15) is 0 Å². The Labute approximate surface area is 119 Å². The van der Waals surface area contributed by atoms with Crippen LogP contribution in [0.15, 0.2) is 43.0 Å². The number of nitrogens with one attached hydrogen (secondary N) is 1. The van der Waals surface area contributed by atoms with Crippen LogP contribution in [0, 0.1) is 0 Å². The van der Waals surface area contributed by atoms with Crippen molar-refractivity contribution in [1.82, 2.24) is 9.97 Å². The van der Waals surface area contributed by atoms with Crippen LogP contribution in [-0.4, -0.2) is 23.1 Å². The molecule has 1 aromatic heterocycles. The van der Waals surface area contributed by atoms with E-state index in [-0.39, 0.29) is 0 Å². The minimum Gasteiger partial charge on any atom is -0.381 e. The number of nitrogens with zero attached hydrogens (tertiary/aromatic N) is 3. The summed E-state index contributed by atoms with van der Waals surface area (Å²) in [7, 11) is 0. The van der Waals surface area contributed by atoms with Crippen molar-refractivity contribution in [1.29, 1.82) is 0 Å². The zero-order valence-corrected chi connectivity index (χ0v) is 11.6. The lowest BCUT2D eigenvalue weighted by Crippen LogP contribution is -2.29. The molecule has 2 heterocycles. The Bertz CT molecular complexity index is 518. The topological polar surface area (TPSA) is 41.1 Å². The third-order valence-electron chi connectivity index (χ3n) is 3.70. The van der Waals surface area contributed by atoms with Crippen molar-refractivity contribution in [2.45, 2.75) is 25.8 Å². The molecule has 3 rings (SSSR count). The Hall–Kier alpha value is -2.10. The first-order valence-corrected chi connectivity index (χ1v) is 7.24. The minimum atomic E-state index is 0.754. The predicted octanol–water partition coefficient (Wildman–Crippen LogP) is 3.08. The van der Waals surface area contributed by atoms with E-state index in [9.17, 15) is 0 Å². The second-order valence-corrected chi connectivity index (χ2v) is 5.19. The van der Waals surface area contributed by atoms with E-state index in [0.29, 0.717) is 0 Å². The number of hydrogen-bond donors (Lipinski definition) is 1. The summed E-state index contributed by atoms with van der Waals surface area (Å²) < 4.78 is 0. The van der Waals surface area contributed by atoms with E-state index < -0.39 is 0 Å². The number of anilines is 2. The molecule has 0 aliphatic carbocycles. The molecule has 0 saturated carbocycles. The predicted molar refractivity (Wildman–Crippen MR) is 81.9 cm³/mol. The lowest BCUT2D eigenvalue weighted by Gasteiger charge is -2.28. The summed E-state index contributed by atoms with van der Waals surface area (Å²) in [4.78, 5) is 10.5. The van der Waals surface area contributed by atoms with E-state index in [1.165, 1.54) is 38.0 Å². The molecule has 1 aliphatic heterocycles. The monoisotopic (exact) mass is 268 g/mol. The summed E-state index contributed by atoms with van der Waals surface area (Å²) in [5, 5.41) is 3.39. The van der Waals surface area contributed by atoms with Gasteiger partial charge in [0.05, 0.1) is 0 Å². The van der Waals surface area contributed by atoms with E-state index in [2.05, 4.69) is 44.5 Å². The lowest BCUT2D eigenvalue weighted by atomic mass is 10.1. The Morgan fingerprint density at radius 3 is 2.35 bits per heavy atom. The van der Waals surface area contributed by atoms with Crippen LogP contribution in [0.2, 0.25) is 0 Å². The number of aromatic nitrogens is 2. The van der Waals surface area contributed by atoms with Crippen molar-refractivity contribution in [2.24, 2.45) is 0 Å². The Kier molecular flexibility index (Phi) is 4.11. The summed E-state index contributed by atoms with van der Waals surface area (Å²) >= 11 is 0. The van der Waals surface area contributed by atoms with Crippen molar-refractivity contribution < 1.29 is 0 Å². The first-order chi connectivity index (χ1) is 9.92. The molecule has 4 heteroatoms. The van der Waals surface area contributed by atoms with E-state index in [1.54, 1.807) is 6.33 Å². The average Bonchev–Trinajstić information content (AvgIpc) is 2.55. The third kappa shape index (κ3) is 3.26. The van der Waals surface area contributed by atoms with Gasteiger partial charge in [-0.25, -0.2) is 9.97 Å². The Balaban J connectivity index is 1.58. The molecule has 20 heavy (non-hydrogen) atoms. The van der Waals surface area contributed by atoms with Crippen molar-refractivity contribution in [3.05, 3.63) is 48.5 Å². The normalized spacial score (nSPS) is 15.1. The van der Waals surface area contributed by atoms with Gasteiger partial charge in [0.2, 0.25) is 0 Å². The number of benzene rings is 1. The zero-order chi connectivity index (χ0) is 13.6. The summed E-state index contributed by atoms with van der Waals surface area (Å²) in [6.07, 6.45) is 9.22. The van der Waals surface area contributed by atoms with Crippen LogP contribution in [-0.2, 0) is 6.54 Å². The van der Waals surface area contributed by atoms with Gasteiger partial charge in [-0.1, -0.05) is 0 Å². The summed E-state index contributed by atoms with van der Waals surface area (Å²) in [6, 6.07) is 8.70. The van der Waals surface area contributed by atoms with Crippen LogP contribution in [0.4, 0.5) is 11.4 Å². The molecule has 1 fully saturated rings. The van der Waals surface area contributed by atoms with Crippen molar-refractivity contribution in [3.8, 4) is 0 Å². The lowest BCUT2D eigenvalue weighted by molar-refractivity contribution is 0.578. The van der Waals surface area contributed by atoms with Gasteiger partial charge in [-0.3, -0.25) is 0 Å². The van der Waals surface area contributed by atoms with Gasteiger partial charge in [-0.05, 0) is 43.5 Å². The van der Waals surface area contributed by atoms with Crippen LogP contribution < -0.4 is 10.2 Å². The largest absolute Gasteiger partial charge is 0.381 e. The molecule has 4 nitrogen and oxygen atoms in total. The van der Waals surface area contributed by atoms with Gasteiger partial charge in [0, 0.05) is 49.0 Å². The summed E-state index contributed by atoms with van der Waals surface area (Å²) in [6.45, 7) is 3.13. The highest BCUT2D eigenvalue weighted by atomic mass is 15.1. The smallest absolute Gasteiger partial charge is 0.115 e.